The number of nitrogens with two attached hydrogens (primary N) is 1. The Morgan fingerprint density at radius 1 is 1.22 bits per heavy atom. The highest BCUT2D eigenvalue weighted by Gasteiger charge is 2.38. The number of rotatable bonds is 10. The van der Waals surface area contributed by atoms with E-state index in [1.807, 2.05) is 0 Å². The molecule has 1 saturated carbocycles. The molecule has 2 fully saturated rings. The van der Waals surface area contributed by atoms with Crippen molar-refractivity contribution in [3.63, 3.8) is 0 Å². The summed E-state index contributed by atoms with van der Waals surface area (Å²) in [6, 6.07) is 0.395. The molecule has 1 aliphatic carbocycles. The van der Waals surface area contributed by atoms with Crippen molar-refractivity contribution in [1.82, 2.24) is 15.5 Å². The number of nitrogens with zero attached hydrogens (tertiary/aromatic N) is 1. The van der Waals surface area contributed by atoms with E-state index in [0.29, 0.717) is 43.0 Å². The summed E-state index contributed by atoms with van der Waals surface area (Å²) in [5, 5.41) is 22.2. The molecular formula is C22H33N5O5. The number of amidine groups is 1. The lowest BCUT2D eigenvalue weighted by Crippen LogP contribution is -2.53. The second-order valence-electron chi connectivity index (χ2n) is 8.69. The van der Waals surface area contributed by atoms with Crippen LogP contribution in [0.2, 0.25) is 0 Å². The molecule has 0 radical (unpaired) electrons. The fourth-order valence-electron chi connectivity index (χ4n) is 4.65. The summed E-state index contributed by atoms with van der Waals surface area (Å²) in [5.74, 6) is -0.735. The molecule has 1 aliphatic heterocycles. The summed E-state index contributed by atoms with van der Waals surface area (Å²) >= 11 is 0. The van der Waals surface area contributed by atoms with Gasteiger partial charge in [-0.05, 0) is 31.2 Å². The maximum Gasteiger partial charge on any atom is 0.317 e. The number of hydrogen-bond acceptors (Lipinski definition) is 6. The lowest BCUT2D eigenvalue weighted by Gasteiger charge is -2.31. The predicted octanol–water partition coefficient (Wildman–Crippen LogP) is 1.18. The number of carboxylic acid groups (broad SMARTS) is 1. The normalized spacial score (nSPS) is 20.1. The Hall–Kier alpha value is -2.88. The van der Waals surface area contributed by atoms with Gasteiger partial charge in [-0.15, -0.1) is 0 Å². The molecule has 1 aromatic rings. The highest BCUT2D eigenvalue weighted by Crippen LogP contribution is 2.29. The van der Waals surface area contributed by atoms with Crippen LogP contribution in [0.4, 0.5) is 0 Å². The summed E-state index contributed by atoms with van der Waals surface area (Å²) in [5.41, 5.74) is 5.87. The average Bonchev–Trinajstić information content (AvgIpc) is 3.45. The number of carboxylic acids is 1. The minimum Gasteiger partial charge on any atom is -0.480 e. The minimum absolute atomic E-state index is 0.114. The third-order valence-electron chi connectivity index (χ3n) is 6.33. The number of carbonyl (C=O) groups is 3. The molecule has 2 atom stereocenters. The maximum atomic E-state index is 13.3. The Bertz CT molecular complexity index is 832. The SMILES string of the molecule is N=C(N)c1coc(CNC(=O)C2CCCN2C(=O)C(CC2CCCCC2)NCC(=O)O)c1. The summed E-state index contributed by atoms with van der Waals surface area (Å²) in [4.78, 5) is 38.8. The molecule has 0 aromatic carbocycles. The van der Waals surface area contributed by atoms with Gasteiger partial charge in [0.25, 0.3) is 0 Å². The molecule has 2 unspecified atom stereocenters. The first kappa shape index (κ1) is 23.8. The van der Waals surface area contributed by atoms with Crippen LogP contribution in [0.3, 0.4) is 0 Å². The number of nitrogens with one attached hydrogen (secondary N) is 3. The summed E-state index contributed by atoms with van der Waals surface area (Å²) in [6.45, 7) is 0.320. The number of carbonyl (C=O) groups excluding carboxylic acids is 2. The predicted molar refractivity (Wildman–Crippen MR) is 117 cm³/mol. The summed E-state index contributed by atoms with van der Waals surface area (Å²) < 4.78 is 5.31. The maximum absolute atomic E-state index is 13.3. The number of nitrogen functional groups attached to an aromatic ring is 1. The number of furan rings is 1. The topological polar surface area (TPSA) is 162 Å². The fourth-order valence-corrected chi connectivity index (χ4v) is 4.65. The Morgan fingerprint density at radius 2 is 1.97 bits per heavy atom. The summed E-state index contributed by atoms with van der Waals surface area (Å²) in [6.07, 6.45) is 8.81. The van der Waals surface area contributed by atoms with E-state index in [1.165, 1.54) is 12.7 Å². The van der Waals surface area contributed by atoms with Crippen molar-refractivity contribution in [3.05, 3.63) is 23.7 Å². The van der Waals surface area contributed by atoms with Crippen LogP contribution in [0.5, 0.6) is 0 Å². The Labute approximate surface area is 187 Å². The van der Waals surface area contributed by atoms with Crippen molar-refractivity contribution in [2.75, 3.05) is 13.1 Å². The van der Waals surface area contributed by atoms with Crippen molar-refractivity contribution < 1.29 is 23.9 Å². The molecule has 3 rings (SSSR count). The van der Waals surface area contributed by atoms with Crippen LogP contribution in [0, 0.1) is 11.3 Å². The van der Waals surface area contributed by atoms with Gasteiger partial charge in [0, 0.05) is 6.54 Å². The zero-order valence-corrected chi connectivity index (χ0v) is 18.3. The number of likely N-dealkylation sites (tertiary alicyclic amines) is 1. The van der Waals surface area contributed by atoms with E-state index in [9.17, 15) is 14.4 Å². The lowest BCUT2D eigenvalue weighted by atomic mass is 9.84. The molecule has 10 heteroatoms. The van der Waals surface area contributed by atoms with Gasteiger partial charge in [0.2, 0.25) is 11.8 Å². The third kappa shape index (κ3) is 6.32. The van der Waals surface area contributed by atoms with Crippen molar-refractivity contribution >= 4 is 23.6 Å². The van der Waals surface area contributed by atoms with Crippen molar-refractivity contribution in [2.24, 2.45) is 11.7 Å². The number of amides is 2. The van der Waals surface area contributed by atoms with Crippen LogP contribution in [-0.2, 0) is 20.9 Å². The van der Waals surface area contributed by atoms with E-state index < -0.39 is 18.1 Å². The minimum atomic E-state index is -1.01. The van der Waals surface area contributed by atoms with Crippen LogP contribution in [0.15, 0.2) is 16.7 Å². The van der Waals surface area contributed by atoms with E-state index in [0.717, 1.165) is 25.7 Å². The number of hydrogen-bond donors (Lipinski definition) is 5. The molecule has 1 saturated heterocycles. The molecule has 1 aromatic heterocycles. The molecule has 10 nitrogen and oxygen atoms in total. The quantitative estimate of drug-likeness (QED) is 0.266. The molecule has 176 valence electrons. The van der Waals surface area contributed by atoms with Gasteiger partial charge in [-0.25, -0.2) is 0 Å². The van der Waals surface area contributed by atoms with Gasteiger partial charge in [-0.2, -0.15) is 0 Å². The number of aliphatic carboxylic acids is 1. The van der Waals surface area contributed by atoms with Crippen molar-refractivity contribution in [1.29, 1.82) is 5.41 Å². The van der Waals surface area contributed by atoms with Crippen LogP contribution in [0.25, 0.3) is 0 Å². The molecule has 32 heavy (non-hydrogen) atoms. The molecule has 2 heterocycles. The van der Waals surface area contributed by atoms with E-state index in [1.54, 1.807) is 11.0 Å². The molecule has 0 spiro atoms. The van der Waals surface area contributed by atoms with Gasteiger partial charge in [0.05, 0.1) is 24.7 Å². The van der Waals surface area contributed by atoms with E-state index in [-0.39, 0.29) is 30.7 Å². The van der Waals surface area contributed by atoms with Gasteiger partial charge in [-0.3, -0.25) is 25.1 Å². The van der Waals surface area contributed by atoms with Crippen LogP contribution < -0.4 is 16.4 Å². The van der Waals surface area contributed by atoms with Crippen LogP contribution >= 0.6 is 0 Å². The monoisotopic (exact) mass is 447 g/mol. The highest BCUT2D eigenvalue weighted by atomic mass is 16.4. The Balaban J connectivity index is 1.61. The zero-order valence-electron chi connectivity index (χ0n) is 18.3. The molecule has 2 amide bonds. The second kappa shape index (κ2) is 11.1. The third-order valence-corrected chi connectivity index (χ3v) is 6.33. The van der Waals surface area contributed by atoms with Gasteiger partial charge in [-0.1, -0.05) is 32.1 Å². The van der Waals surface area contributed by atoms with Gasteiger partial charge < -0.3 is 25.5 Å². The highest BCUT2D eigenvalue weighted by molar-refractivity contribution is 5.94. The van der Waals surface area contributed by atoms with Gasteiger partial charge in [0.15, 0.2) is 0 Å². The average molecular weight is 448 g/mol. The standard InChI is InChI=1S/C22H33N5O5/c23-20(24)15-10-16(32-13-15)11-26-21(30)18-7-4-8-27(18)22(31)17(25-12-19(28)29)9-14-5-2-1-3-6-14/h10,13-14,17-18,25H,1-9,11-12H2,(H3,23,24)(H,26,30)(H,28,29). The van der Waals surface area contributed by atoms with E-state index >= 15 is 0 Å². The summed E-state index contributed by atoms with van der Waals surface area (Å²) in [7, 11) is 0. The molecule has 2 aliphatic rings. The lowest BCUT2D eigenvalue weighted by molar-refractivity contribution is -0.141. The Kier molecular flexibility index (Phi) is 8.26. The van der Waals surface area contributed by atoms with Crippen LogP contribution in [-0.4, -0.2) is 58.8 Å². The Morgan fingerprint density at radius 3 is 2.62 bits per heavy atom. The van der Waals surface area contributed by atoms with Gasteiger partial charge in [0.1, 0.15) is 23.9 Å². The zero-order chi connectivity index (χ0) is 23.1. The van der Waals surface area contributed by atoms with E-state index in [2.05, 4.69) is 10.6 Å². The van der Waals surface area contributed by atoms with Crippen molar-refractivity contribution in [3.8, 4) is 0 Å². The van der Waals surface area contributed by atoms with Crippen LogP contribution in [0.1, 0.15) is 62.7 Å². The molecular weight excluding hydrogens is 414 g/mol. The van der Waals surface area contributed by atoms with E-state index in [4.69, 9.17) is 20.7 Å². The van der Waals surface area contributed by atoms with Gasteiger partial charge >= 0.3 is 5.97 Å². The molecule has 6 N–H and O–H groups in total. The largest absolute Gasteiger partial charge is 0.480 e. The van der Waals surface area contributed by atoms with Crippen molar-refractivity contribution in [2.45, 2.75) is 70.0 Å². The smallest absolute Gasteiger partial charge is 0.317 e. The second-order valence-corrected chi connectivity index (χ2v) is 8.69. The first-order chi connectivity index (χ1) is 15.3. The molecule has 0 bridgehead atoms. The first-order valence-electron chi connectivity index (χ1n) is 11.3. The first-order valence-corrected chi connectivity index (χ1v) is 11.3. The fraction of sp³-hybridized carbons (Fsp3) is 0.636.